The van der Waals surface area contributed by atoms with E-state index in [4.69, 9.17) is 18.9 Å². The van der Waals surface area contributed by atoms with E-state index in [1.807, 2.05) is 26.0 Å². The highest BCUT2D eigenvalue weighted by molar-refractivity contribution is 5.85. The number of nitrogens with one attached hydrogen (secondary N) is 2. The molecule has 142 valence electrons. The Hall–Kier alpha value is -1.70. The molecule has 1 aliphatic rings. The predicted octanol–water partition coefficient (Wildman–Crippen LogP) is 1.52. The number of methoxy groups -OCH3 is 2. The molecular weight excluding hydrogens is 348 g/mol. The number of halogens is 1. The molecule has 1 fully saturated rings. The van der Waals surface area contributed by atoms with Gasteiger partial charge in [0.05, 0.1) is 33.5 Å². The van der Waals surface area contributed by atoms with Gasteiger partial charge in [-0.2, -0.15) is 0 Å². The van der Waals surface area contributed by atoms with Crippen LogP contribution in [0, 0.1) is 0 Å². The summed E-state index contributed by atoms with van der Waals surface area (Å²) in [6.45, 7) is 5.95. The van der Waals surface area contributed by atoms with Crippen molar-refractivity contribution in [1.82, 2.24) is 10.6 Å². The second kappa shape index (κ2) is 10.3. The highest BCUT2D eigenvalue weighted by Crippen LogP contribution is 2.38. The maximum Gasteiger partial charge on any atom is 0.240 e. The monoisotopic (exact) mass is 374 g/mol. The molecule has 2 atom stereocenters. The van der Waals surface area contributed by atoms with Gasteiger partial charge in [-0.3, -0.25) is 4.79 Å². The molecule has 1 aromatic carbocycles. The first-order valence-corrected chi connectivity index (χ1v) is 8.11. The molecule has 1 amide bonds. The Morgan fingerprint density at radius 1 is 1.32 bits per heavy atom. The van der Waals surface area contributed by atoms with Crippen LogP contribution in [0.15, 0.2) is 12.1 Å². The molecule has 1 heterocycles. The minimum absolute atomic E-state index is 0. The van der Waals surface area contributed by atoms with Gasteiger partial charge in [0.25, 0.3) is 0 Å². The van der Waals surface area contributed by atoms with E-state index in [-0.39, 0.29) is 30.5 Å². The van der Waals surface area contributed by atoms with E-state index in [1.165, 1.54) is 0 Å². The number of hydrogen-bond acceptors (Lipinski definition) is 6. The summed E-state index contributed by atoms with van der Waals surface area (Å²) in [4.78, 5) is 12.3. The van der Waals surface area contributed by atoms with Crippen LogP contribution < -0.4 is 24.8 Å². The second-order valence-corrected chi connectivity index (χ2v) is 5.49. The van der Waals surface area contributed by atoms with Gasteiger partial charge in [0, 0.05) is 13.1 Å². The summed E-state index contributed by atoms with van der Waals surface area (Å²) in [5, 5.41) is 6.09. The predicted molar refractivity (Wildman–Crippen MR) is 97.0 cm³/mol. The summed E-state index contributed by atoms with van der Waals surface area (Å²) in [5.74, 6) is 1.63. The van der Waals surface area contributed by atoms with Crippen molar-refractivity contribution in [3.8, 4) is 17.2 Å². The molecule has 1 saturated heterocycles. The van der Waals surface area contributed by atoms with Crippen LogP contribution in [0.5, 0.6) is 17.2 Å². The fourth-order valence-corrected chi connectivity index (χ4v) is 2.65. The first kappa shape index (κ1) is 21.3. The Morgan fingerprint density at radius 3 is 2.48 bits per heavy atom. The zero-order chi connectivity index (χ0) is 17.5. The van der Waals surface area contributed by atoms with Crippen molar-refractivity contribution in [2.75, 3.05) is 34.0 Å². The van der Waals surface area contributed by atoms with Crippen LogP contribution in [0.2, 0.25) is 0 Å². The van der Waals surface area contributed by atoms with Crippen molar-refractivity contribution in [1.29, 1.82) is 0 Å². The minimum Gasteiger partial charge on any atom is -0.493 e. The lowest BCUT2D eigenvalue weighted by Gasteiger charge is -2.29. The fraction of sp³-hybridized carbons (Fsp3) is 0.588. The normalized spacial score (nSPS) is 19.5. The van der Waals surface area contributed by atoms with E-state index in [1.54, 1.807) is 14.2 Å². The lowest BCUT2D eigenvalue weighted by atomic mass is 10.1. The highest BCUT2D eigenvalue weighted by atomic mass is 35.5. The lowest BCUT2D eigenvalue weighted by Crippen LogP contribution is -2.55. The molecule has 0 saturated carbocycles. The van der Waals surface area contributed by atoms with Gasteiger partial charge in [-0.15, -0.1) is 12.4 Å². The van der Waals surface area contributed by atoms with E-state index in [0.29, 0.717) is 43.6 Å². The summed E-state index contributed by atoms with van der Waals surface area (Å²) < 4.78 is 21.8. The van der Waals surface area contributed by atoms with Gasteiger partial charge in [-0.1, -0.05) is 0 Å². The van der Waals surface area contributed by atoms with Crippen LogP contribution in [0.1, 0.15) is 19.4 Å². The van der Waals surface area contributed by atoms with E-state index < -0.39 is 0 Å². The van der Waals surface area contributed by atoms with Crippen molar-refractivity contribution < 1.29 is 23.7 Å². The lowest BCUT2D eigenvalue weighted by molar-refractivity contribution is -0.129. The largest absolute Gasteiger partial charge is 0.493 e. The van der Waals surface area contributed by atoms with Gasteiger partial charge < -0.3 is 29.6 Å². The van der Waals surface area contributed by atoms with Crippen LogP contribution in [-0.2, 0) is 16.1 Å². The third-order valence-electron chi connectivity index (χ3n) is 3.87. The van der Waals surface area contributed by atoms with E-state index >= 15 is 0 Å². The average molecular weight is 375 g/mol. The molecule has 2 N–H and O–H groups in total. The molecule has 0 aliphatic carbocycles. The molecule has 25 heavy (non-hydrogen) atoms. The number of rotatable bonds is 7. The van der Waals surface area contributed by atoms with Crippen LogP contribution in [-0.4, -0.2) is 52.0 Å². The maximum atomic E-state index is 12.3. The Bertz CT molecular complexity index is 545. The van der Waals surface area contributed by atoms with Gasteiger partial charge >= 0.3 is 0 Å². The Kier molecular flexibility index (Phi) is 8.82. The van der Waals surface area contributed by atoms with Crippen LogP contribution in [0.4, 0.5) is 0 Å². The van der Waals surface area contributed by atoms with Gasteiger partial charge in [0.1, 0.15) is 6.04 Å². The summed E-state index contributed by atoms with van der Waals surface area (Å²) in [6, 6.07) is 3.33. The van der Waals surface area contributed by atoms with Crippen LogP contribution in [0.3, 0.4) is 0 Å². The summed E-state index contributed by atoms with van der Waals surface area (Å²) in [6.07, 6.45) is -0.150. The number of ether oxygens (including phenoxy) is 4. The molecule has 2 rings (SSSR count). The standard InChI is InChI=1S/C17H26N2O5.ClH/c1-5-23-16-13(21-3)8-12(9-14(16)22-4)10-19-17(20)15-11(2)24-7-6-18-15;/h8-9,11,15,18H,5-7,10H2,1-4H3,(H,19,20);1H/t11-,15+;/m1./s1. The zero-order valence-corrected chi connectivity index (χ0v) is 15.9. The molecule has 7 nitrogen and oxygen atoms in total. The number of amides is 1. The molecule has 1 aliphatic heterocycles. The molecule has 0 spiro atoms. The maximum absolute atomic E-state index is 12.3. The molecule has 8 heteroatoms. The van der Waals surface area contributed by atoms with Crippen molar-refractivity contribution in [2.45, 2.75) is 32.5 Å². The zero-order valence-electron chi connectivity index (χ0n) is 15.1. The Labute approximate surface area is 154 Å². The smallest absolute Gasteiger partial charge is 0.240 e. The number of carbonyl (C=O) groups excluding carboxylic acids is 1. The molecule has 1 aromatic rings. The van der Waals surface area contributed by atoms with Gasteiger partial charge in [-0.05, 0) is 31.5 Å². The van der Waals surface area contributed by atoms with Crippen molar-refractivity contribution >= 4 is 18.3 Å². The van der Waals surface area contributed by atoms with Crippen LogP contribution in [0.25, 0.3) is 0 Å². The number of morpholine rings is 1. The topological polar surface area (TPSA) is 78.1 Å². The van der Waals surface area contributed by atoms with E-state index in [2.05, 4.69) is 10.6 Å². The molecule has 0 aromatic heterocycles. The Morgan fingerprint density at radius 2 is 1.96 bits per heavy atom. The highest BCUT2D eigenvalue weighted by Gasteiger charge is 2.28. The summed E-state index contributed by atoms with van der Waals surface area (Å²) in [7, 11) is 3.15. The first-order valence-electron chi connectivity index (χ1n) is 8.11. The third kappa shape index (κ3) is 5.39. The SMILES string of the molecule is CCOc1c(OC)cc(CNC(=O)[C@H]2NCCO[C@@H]2C)cc1OC.Cl. The number of benzene rings is 1. The van der Waals surface area contributed by atoms with Crippen molar-refractivity contribution in [2.24, 2.45) is 0 Å². The van der Waals surface area contributed by atoms with Gasteiger partial charge in [0.15, 0.2) is 11.5 Å². The van der Waals surface area contributed by atoms with Crippen molar-refractivity contribution in [3.63, 3.8) is 0 Å². The second-order valence-electron chi connectivity index (χ2n) is 5.49. The van der Waals surface area contributed by atoms with Crippen molar-refractivity contribution in [3.05, 3.63) is 17.7 Å². The molecule has 0 unspecified atom stereocenters. The Balaban J connectivity index is 0.00000312. The molecular formula is C17H27ClN2O5. The van der Waals surface area contributed by atoms with Gasteiger partial charge in [-0.25, -0.2) is 0 Å². The summed E-state index contributed by atoms with van der Waals surface area (Å²) in [5.41, 5.74) is 0.866. The van der Waals surface area contributed by atoms with Gasteiger partial charge in [0.2, 0.25) is 11.7 Å². The van der Waals surface area contributed by atoms with E-state index in [0.717, 1.165) is 5.56 Å². The molecule has 0 radical (unpaired) electrons. The third-order valence-corrected chi connectivity index (χ3v) is 3.87. The van der Waals surface area contributed by atoms with E-state index in [9.17, 15) is 4.79 Å². The number of hydrogen-bond donors (Lipinski definition) is 2. The fourth-order valence-electron chi connectivity index (χ4n) is 2.65. The minimum atomic E-state index is -0.342. The summed E-state index contributed by atoms with van der Waals surface area (Å²) >= 11 is 0. The quantitative estimate of drug-likeness (QED) is 0.753. The van der Waals surface area contributed by atoms with Crippen LogP contribution >= 0.6 is 12.4 Å². The molecule has 0 bridgehead atoms. The average Bonchev–Trinajstić information content (AvgIpc) is 2.60. The first-order chi connectivity index (χ1) is 11.6. The number of carbonyl (C=O) groups is 1.